The summed E-state index contributed by atoms with van der Waals surface area (Å²) < 4.78 is 73.6. The van der Waals surface area contributed by atoms with E-state index in [1.165, 1.54) is 24.3 Å². The number of rotatable bonds is 3. The van der Waals surface area contributed by atoms with Crippen molar-refractivity contribution in [3.05, 3.63) is 35.9 Å². The van der Waals surface area contributed by atoms with E-state index in [1.807, 2.05) is 0 Å². The minimum atomic E-state index is -5.42. The first kappa shape index (κ1) is 14.8. The lowest BCUT2D eigenvalue weighted by Crippen LogP contribution is -2.37. The van der Waals surface area contributed by atoms with Crippen molar-refractivity contribution in [3.8, 4) is 0 Å². The van der Waals surface area contributed by atoms with Crippen LogP contribution in [0, 0.1) is 5.92 Å². The SMILES string of the molecule is OC(CC(C(F)(F)F)C(F)(F)F)c1ccccc1. The van der Waals surface area contributed by atoms with Crippen LogP contribution in [-0.4, -0.2) is 17.5 Å². The second kappa shape index (κ2) is 5.17. The first-order valence-electron chi connectivity index (χ1n) is 4.99. The molecule has 0 aliphatic heterocycles. The molecule has 0 aliphatic carbocycles. The summed E-state index contributed by atoms with van der Waals surface area (Å²) in [6.07, 6.45) is -14.1. The Morgan fingerprint density at radius 2 is 1.33 bits per heavy atom. The summed E-state index contributed by atoms with van der Waals surface area (Å²) in [4.78, 5) is 0. The fourth-order valence-corrected chi connectivity index (χ4v) is 1.49. The molecule has 0 aromatic heterocycles. The molecular weight excluding hydrogens is 262 g/mol. The van der Waals surface area contributed by atoms with Crippen molar-refractivity contribution in [2.75, 3.05) is 0 Å². The molecule has 1 nitrogen and oxygen atoms in total. The molecule has 0 bridgehead atoms. The standard InChI is InChI=1S/C11H10F6O/c12-10(13,14)9(11(15,16)17)6-8(18)7-4-2-1-3-5-7/h1-5,8-9,18H,6H2. The Labute approximate surface area is 99.0 Å². The molecule has 1 aromatic rings. The molecule has 0 fully saturated rings. The van der Waals surface area contributed by atoms with E-state index in [0.29, 0.717) is 0 Å². The average molecular weight is 272 g/mol. The lowest BCUT2D eigenvalue weighted by Gasteiger charge is -2.25. The van der Waals surface area contributed by atoms with E-state index in [4.69, 9.17) is 0 Å². The van der Waals surface area contributed by atoms with Gasteiger partial charge in [-0.2, -0.15) is 26.3 Å². The van der Waals surface area contributed by atoms with Crippen LogP contribution in [0.5, 0.6) is 0 Å². The summed E-state index contributed by atoms with van der Waals surface area (Å²) in [5, 5.41) is 9.42. The van der Waals surface area contributed by atoms with Gasteiger partial charge in [0.2, 0.25) is 0 Å². The Hall–Kier alpha value is -1.24. The van der Waals surface area contributed by atoms with Gasteiger partial charge >= 0.3 is 12.4 Å². The molecule has 0 saturated carbocycles. The van der Waals surface area contributed by atoms with Crippen molar-refractivity contribution in [1.29, 1.82) is 0 Å². The molecule has 0 heterocycles. The molecule has 0 saturated heterocycles. The van der Waals surface area contributed by atoms with Gasteiger partial charge in [0.1, 0.15) is 0 Å². The van der Waals surface area contributed by atoms with Crippen LogP contribution in [0.2, 0.25) is 0 Å². The van der Waals surface area contributed by atoms with E-state index in [2.05, 4.69) is 0 Å². The van der Waals surface area contributed by atoms with Crippen molar-refractivity contribution in [2.45, 2.75) is 24.9 Å². The Morgan fingerprint density at radius 1 is 0.889 bits per heavy atom. The maximum atomic E-state index is 12.3. The fourth-order valence-electron chi connectivity index (χ4n) is 1.49. The Kier molecular flexibility index (Phi) is 4.26. The highest BCUT2D eigenvalue weighted by Crippen LogP contribution is 2.43. The molecule has 0 spiro atoms. The summed E-state index contributed by atoms with van der Waals surface area (Å²) in [6, 6.07) is 6.94. The first-order chi connectivity index (χ1) is 8.12. The highest BCUT2D eigenvalue weighted by atomic mass is 19.4. The molecule has 1 unspecified atom stereocenters. The Morgan fingerprint density at radius 3 is 1.72 bits per heavy atom. The second-order valence-corrected chi connectivity index (χ2v) is 3.80. The molecule has 1 atom stereocenters. The molecule has 0 amide bonds. The quantitative estimate of drug-likeness (QED) is 0.828. The molecule has 7 heteroatoms. The van der Waals surface area contributed by atoms with Gasteiger partial charge in [-0.25, -0.2) is 0 Å². The summed E-state index contributed by atoms with van der Waals surface area (Å²) in [5.41, 5.74) is 0.0241. The van der Waals surface area contributed by atoms with Gasteiger partial charge in [-0.1, -0.05) is 30.3 Å². The maximum Gasteiger partial charge on any atom is 0.400 e. The van der Waals surface area contributed by atoms with Crippen LogP contribution in [-0.2, 0) is 0 Å². The van der Waals surface area contributed by atoms with Gasteiger partial charge in [0.25, 0.3) is 0 Å². The van der Waals surface area contributed by atoms with Gasteiger partial charge < -0.3 is 5.11 Å². The third-order valence-corrected chi connectivity index (χ3v) is 2.43. The summed E-state index contributed by atoms with van der Waals surface area (Å²) in [5.74, 6) is -3.53. The van der Waals surface area contributed by atoms with Gasteiger partial charge in [0.15, 0.2) is 5.92 Å². The normalized spacial score (nSPS) is 14.9. The van der Waals surface area contributed by atoms with Crippen LogP contribution in [0.1, 0.15) is 18.1 Å². The summed E-state index contributed by atoms with van der Waals surface area (Å²) in [6.45, 7) is 0. The van der Waals surface area contributed by atoms with Crippen molar-refractivity contribution < 1.29 is 31.4 Å². The van der Waals surface area contributed by atoms with Crippen LogP contribution in [0.15, 0.2) is 30.3 Å². The smallest absolute Gasteiger partial charge is 0.388 e. The van der Waals surface area contributed by atoms with Gasteiger partial charge in [0.05, 0.1) is 6.10 Å². The predicted molar refractivity (Wildman–Crippen MR) is 51.6 cm³/mol. The van der Waals surface area contributed by atoms with E-state index in [1.54, 1.807) is 6.07 Å². The average Bonchev–Trinajstić information content (AvgIpc) is 2.23. The highest BCUT2D eigenvalue weighted by molar-refractivity contribution is 5.17. The number of aliphatic hydroxyl groups excluding tert-OH is 1. The predicted octanol–water partition coefficient (Wildman–Crippen LogP) is 3.85. The van der Waals surface area contributed by atoms with Gasteiger partial charge in [-0.15, -0.1) is 0 Å². The van der Waals surface area contributed by atoms with Gasteiger partial charge in [-0.3, -0.25) is 0 Å². The topological polar surface area (TPSA) is 20.2 Å². The number of halogens is 6. The fraction of sp³-hybridized carbons (Fsp3) is 0.455. The molecule has 0 radical (unpaired) electrons. The van der Waals surface area contributed by atoms with Crippen LogP contribution < -0.4 is 0 Å². The third-order valence-electron chi connectivity index (χ3n) is 2.43. The molecule has 1 rings (SSSR count). The van der Waals surface area contributed by atoms with E-state index in [9.17, 15) is 31.4 Å². The lowest BCUT2D eigenvalue weighted by atomic mass is 9.96. The largest absolute Gasteiger partial charge is 0.400 e. The van der Waals surface area contributed by atoms with Crippen LogP contribution in [0.3, 0.4) is 0 Å². The van der Waals surface area contributed by atoms with Gasteiger partial charge in [-0.05, 0) is 12.0 Å². The van der Waals surface area contributed by atoms with E-state index < -0.39 is 30.8 Å². The zero-order chi connectivity index (χ0) is 14.0. The molecule has 1 aromatic carbocycles. The molecule has 0 aliphatic rings. The number of hydrogen-bond donors (Lipinski definition) is 1. The number of hydrogen-bond acceptors (Lipinski definition) is 1. The van der Waals surface area contributed by atoms with E-state index in [-0.39, 0.29) is 5.56 Å². The molecule has 18 heavy (non-hydrogen) atoms. The second-order valence-electron chi connectivity index (χ2n) is 3.80. The van der Waals surface area contributed by atoms with Gasteiger partial charge in [0, 0.05) is 0 Å². The Balaban J connectivity index is 2.86. The first-order valence-corrected chi connectivity index (χ1v) is 4.99. The monoisotopic (exact) mass is 272 g/mol. The highest BCUT2D eigenvalue weighted by Gasteiger charge is 2.56. The zero-order valence-corrected chi connectivity index (χ0v) is 8.96. The molecular formula is C11H10F6O. The minimum absolute atomic E-state index is 0.0241. The lowest BCUT2D eigenvalue weighted by molar-refractivity contribution is -0.290. The van der Waals surface area contributed by atoms with Crippen LogP contribution in [0.25, 0.3) is 0 Å². The van der Waals surface area contributed by atoms with E-state index >= 15 is 0 Å². The zero-order valence-electron chi connectivity index (χ0n) is 8.96. The Bertz CT molecular complexity index is 355. The number of benzene rings is 1. The summed E-state index contributed by atoms with van der Waals surface area (Å²) >= 11 is 0. The van der Waals surface area contributed by atoms with Crippen molar-refractivity contribution in [1.82, 2.24) is 0 Å². The van der Waals surface area contributed by atoms with Crippen LogP contribution >= 0.6 is 0 Å². The van der Waals surface area contributed by atoms with Crippen molar-refractivity contribution in [2.24, 2.45) is 5.92 Å². The third kappa shape index (κ3) is 3.90. The van der Waals surface area contributed by atoms with E-state index in [0.717, 1.165) is 0 Å². The minimum Gasteiger partial charge on any atom is -0.388 e. The summed E-state index contributed by atoms with van der Waals surface area (Å²) in [7, 11) is 0. The number of aliphatic hydroxyl groups is 1. The molecule has 1 N–H and O–H groups in total. The maximum absolute atomic E-state index is 12.3. The van der Waals surface area contributed by atoms with Crippen molar-refractivity contribution in [3.63, 3.8) is 0 Å². The van der Waals surface area contributed by atoms with Crippen LogP contribution in [0.4, 0.5) is 26.3 Å². The molecule has 102 valence electrons. The van der Waals surface area contributed by atoms with Crippen molar-refractivity contribution >= 4 is 0 Å². The number of alkyl halides is 6.